The smallest absolute Gasteiger partial charge is 0.399 e. The Bertz CT molecular complexity index is 5950. The van der Waals surface area contributed by atoms with Crippen LogP contribution >= 0.6 is 23.2 Å². The van der Waals surface area contributed by atoms with Crippen molar-refractivity contribution < 1.29 is 27.6 Å². The third kappa shape index (κ3) is 16.7. The highest BCUT2D eigenvalue weighted by molar-refractivity contribution is 6.62. The molecule has 0 unspecified atom stereocenters. The van der Waals surface area contributed by atoms with Gasteiger partial charge >= 0.3 is 24.2 Å². The van der Waals surface area contributed by atoms with Crippen LogP contribution in [0.1, 0.15) is 62.9 Å². The summed E-state index contributed by atoms with van der Waals surface area (Å²) in [6.45, 7) is 8.55. The van der Waals surface area contributed by atoms with Crippen molar-refractivity contribution in [3.8, 4) is 51.7 Å². The highest BCUT2D eigenvalue weighted by Gasteiger charge is 2.52. The zero-order chi connectivity index (χ0) is 75.1. The van der Waals surface area contributed by atoms with Crippen LogP contribution in [-0.2, 0) is 50.1 Å². The largest absolute Gasteiger partial charge is 0.497 e. The molecule has 1 fully saturated rings. The number of fused-ring (bicyclic) bond motifs is 3. The summed E-state index contributed by atoms with van der Waals surface area (Å²) in [5.41, 5.74) is 11.9. The number of imidazole rings is 3. The minimum absolute atomic E-state index is 0. The van der Waals surface area contributed by atoms with Crippen molar-refractivity contribution in [2.75, 3.05) is 0 Å². The Morgan fingerprint density at radius 3 is 1.49 bits per heavy atom. The topological polar surface area (TPSA) is 283 Å². The van der Waals surface area contributed by atoms with Gasteiger partial charge in [0, 0.05) is 90.4 Å². The van der Waals surface area contributed by atoms with Crippen LogP contribution in [0.3, 0.4) is 0 Å². The van der Waals surface area contributed by atoms with Crippen molar-refractivity contribution in [1.82, 2.24) is 77.1 Å². The maximum Gasteiger partial charge on any atom is 0.497 e. The number of hydrogen-bond acceptors (Lipinski definition) is 15. The number of aromatic nitrogens is 16. The molecule has 1 aliphatic heterocycles. The number of nitrogens with one attached hydrogen (secondary N) is 1. The number of aliphatic hydroxyl groups is 1. The molecule has 0 spiro atoms. The zero-order valence-corrected chi connectivity index (χ0v) is 59.4. The lowest BCUT2D eigenvalue weighted by Gasteiger charge is -2.32. The minimum atomic E-state index is -0.525. The van der Waals surface area contributed by atoms with Gasteiger partial charge in [0.05, 0.1) is 118 Å². The number of aromatic amines is 1. The summed E-state index contributed by atoms with van der Waals surface area (Å²) in [5.74, 6) is -0.889. The average Bonchev–Trinajstić information content (AvgIpc) is 1.63. The van der Waals surface area contributed by atoms with Crippen molar-refractivity contribution in [3.05, 3.63) is 300 Å². The van der Waals surface area contributed by atoms with E-state index in [9.17, 15) is 32.8 Å². The molecule has 1 aliphatic rings. The van der Waals surface area contributed by atoms with Crippen LogP contribution in [0.25, 0.3) is 73.1 Å². The first kappa shape index (κ1) is 75.6. The number of pyridine rings is 4. The van der Waals surface area contributed by atoms with Gasteiger partial charge in [-0.2, -0.15) is 25.8 Å². The lowest BCUT2D eigenvalue weighted by atomic mass is 9.77. The molecule has 0 saturated carbocycles. The van der Waals surface area contributed by atoms with Gasteiger partial charge in [-0.15, -0.1) is 0 Å². The summed E-state index contributed by atoms with van der Waals surface area (Å²) in [4.78, 5) is 56.9. The van der Waals surface area contributed by atoms with Gasteiger partial charge in [-0.3, -0.25) is 27.8 Å². The quantitative estimate of drug-likeness (QED) is 0.0899. The lowest BCUT2D eigenvalue weighted by Crippen LogP contribution is -2.41. The molecule has 15 aromatic rings. The van der Waals surface area contributed by atoms with Gasteiger partial charge in [0.15, 0.2) is 16.9 Å². The molecule has 1 saturated heterocycles. The number of aryl methyl sites for hydroxylation is 3. The van der Waals surface area contributed by atoms with E-state index in [2.05, 4.69) is 47.4 Å². The van der Waals surface area contributed by atoms with E-state index in [-0.39, 0.29) is 48.6 Å². The van der Waals surface area contributed by atoms with E-state index < -0.39 is 18.3 Å². The molecule has 107 heavy (non-hydrogen) atoms. The molecule has 16 rings (SSSR count). The normalized spacial score (nSPS) is 12.5. The fourth-order valence-electron chi connectivity index (χ4n) is 11.2. The molecule has 0 aliphatic carbocycles. The van der Waals surface area contributed by atoms with Crippen LogP contribution < -0.4 is 22.5 Å². The second-order valence-corrected chi connectivity index (χ2v) is 26.0. The SMILES string of the molecule is C.CC1(C)OB(c2cnccc2C#N)OC1(C)C.Cn1c(=O)[nH]c2ccc(Cl)nc21.Cn1c(=O)n(Cc2cnn(-c3ccc(F)cc3)c2)c2ccc(-c3ccc(Cl)cc3)nc21.Cn1c(=O)n(Cc2cnn(-c3ccc(F)cc3)c2)c2ccc(-c3ccccc3C#N)nc21.OCc1cnn(-c2ccc(F)cc2)c1. The molecular weight excluding hydrogens is 1410 g/mol. The Labute approximate surface area is 620 Å². The lowest BCUT2D eigenvalue weighted by molar-refractivity contribution is 0.00578. The third-order valence-corrected chi connectivity index (χ3v) is 18.1. The molecule has 0 radical (unpaired) electrons. The first-order valence-electron chi connectivity index (χ1n) is 32.7. The number of halogens is 5. The Morgan fingerprint density at radius 2 is 1.00 bits per heavy atom. The standard InChI is InChI=1S/C24H17FN6O.C23H17ClFN5O.C12H15BN2O2.C10H9FN2O.C7H6ClN3O.CH4/c1-29-23-22(11-10-21(28-23)20-5-3-2-4-17(20)12-26)30(24(29)32)14-16-13-27-31(15-16)19-8-6-18(25)7-9-19;1-28-22-21(11-10-20(27-22)16-2-4-17(24)5-3-16)29(23(28)31)13-15-12-26-30(14-15)19-8-6-18(25)7-9-19;1-11(2)12(3,4)17-13(16-11)10-8-15-6-5-9(10)7-14;11-9-1-3-10(4-2-9)13-6-8(7-14)5-12-13;1-11-6-4(9-7(11)12)2-3-5(8)10-6;/h2-11,13,15H,14H2,1H3;2-12,14H,13H2,1H3;5-6,8H,1-4H3;1-6,14H,7H2;2-3H,1H3,(H,9,12);1H4. The van der Waals surface area contributed by atoms with Crippen LogP contribution in [0.4, 0.5) is 13.2 Å². The molecular formula is C77H68BCl2F3N18O6. The summed E-state index contributed by atoms with van der Waals surface area (Å²) in [5, 5.41) is 41.0. The molecule has 30 heteroatoms. The number of H-pyrrole nitrogens is 1. The van der Waals surface area contributed by atoms with Gasteiger partial charge < -0.3 is 19.4 Å². The van der Waals surface area contributed by atoms with Crippen LogP contribution in [0.2, 0.25) is 10.2 Å². The van der Waals surface area contributed by atoms with Crippen LogP contribution in [0, 0.1) is 40.1 Å². The Morgan fingerprint density at radius 1 is 0.533 bits per heavy atom. The van der Waals surface area contributed by atoms with Crippen molar-refractivity contribution in [2.24, 2.45) is 21.1 Å². The van der Waals surface area contributed by atoms with E-state index in [0.29, 0.717) is 73.5 Å². The predicted octanol–water partition coefficient (Wildman–Crippen LogP) is 12.4. The molecule has 540 valence electrons. The van der Waals surface area contributed by atoms with Crippen LogP contribution in [0.15, 0.2) is 228 Å². The summed E-state index contributed by atoms with van der Waals surface area (Å²) < 4.78 is 63.3. The molecule has 0 amide bonds. The maximum atomic E-state index is 13.2. The number of hydrogen-bond donors (Lipinski definition) is 2. The van der Waals surface area contributed by atoms with Gasteiger partial charge in [0.25, 0.3) is 0 Å². The van der Waals surface area contributed by atoms with E-state index in [4.69, 9.17) is 47.9 Å². The molecule has 24 nitrogen and oxygen atoms in total. The average molecular weight is 1480 g/mol. The summed E-state index contributed by atoms with van der Waals surface area (Å²) in [7, 11) is 4.51. The van der Waals surface area contributed by atoms with Gasteiger partial charge in [-0.1, -0.05) is 61.0 Å². The van der Waals surface area contributed by atoms with Crippen LogP contribution in [-0.4, -0.2) is 101 Å². The Kier molecular flexibility index (Phi) is 22.8. The van der Waals surface area contributed by atoms with E-state index in [1.54, 1.807) is 153 Å². The molecule has 10 aromatic heterocycles. The minimum Gasteiger partial charge on any atom is -0.399 e. The Hall–Kier alpha value is -12.6. The van der Waals surface area contributed by atoms with E-state index in [1.807, 2.05) is 101 Å². The second-order valence-electron chi connectivity index (χ2n) is 25.2. The van der Waals surface area contributed by atoms with Crippen molar-refractivity contribution in [3.63, 3.8) is 0 Å². The molecule has 11 heterocycles. The molecule has 2 N–H and O–H groups in total. The second kappa shape index (κ2) is 32.2. The van der Waals surface area contributed by atoms with Gasteiger partial charge in [-0.25, -0.2) is 56.6 Å². The fraction of sp³-hybridized carbons (Fsp3) is 0.169. The molecule has 0 bridgehead atoms. The van der Waals surface area contributed by atoms with Gasteiger partial charge in [-0.05, 0) is 161 Å². The summed E-state index contributed by atoms with van der Waals surface area (Å²) >= 11 is 11.6. The monoisotopic (exact) mass is 1480 g/mol. The van der Waals surface area contributed by atoms with E-state index >= 15 is 0 Å². The van der Waals surface area contributed by atoms with Crippen molar-refractivity contribution >= 4 is 69.3 Å². The number of benzene rings is 5. The Balaban J connectivity index is 0.000000140. The highest BCUT2D eigenvalue weighted by atomic mass is 35.5. The van der Waals surface area contributed by atoms with E-state index in [0.717, 1.165) is 56.1 Å². The predicted molar refractivity (Wildman–Crippen MR) is 403 cm³/mol. The van der Waals surface area contributed by atoms with Crippen LogP contribution in [0.5, 0.6) is 0 Å². The van der Waals surface area contributed by atoms with Crippen molar-refractivity contribution in [2.45, 2.75) is 66.0 Å². The highest BCUT2D eigenvalue weighted by Crippen LogP contribution is 2.37. The summed E-state index contributed by atoms with van der Waals surface area (Å²) in [6, 6.07) is 49.5. The molecule has 5 aromatic carbocycles. The number of aliphatic hydroxyl groups excluding tert-OH is 1. The number of rotatable bonds is 11. The van der Waals surface area contributed by atoms with Gasteiger partial charge in [0.1, 0.15) is 22.6 Å². The third-order valence-electron chi connectivity index (χ3n) is 17.7. The van der Waals surface area contributed by atoms with Crippen molar-refractivity contribution in [1.29, 1.82) is 10.5 Å². The van der Waals surface area contributed by atoms with Gasteiger partial charge in [0.2, 0.25) is 0 Å². The first-order chi connectivity index (χ1) is 50.9. The molecule has 0 atom stereocenters. The number of nitrogens with zero attached hydrogens (tertiary/aromatic N) is 17. The summed E-state index contributed by atoms with van der Waals surface area (Å²) in [6.07, 6.45) is 13.5. The maximum absolute atomic E-state index is 13.2. The van der Waals surface area contributed by atoms with E-state index in [1.165, 1.54) is 45.5 Å². The zero-order valence-electron chi connectivity index (χ0n) is 57.9. The number of nitriles is 2. The first-order valence-corrected chi connectivity index (χ1v) is 33.4. The fourth-order valence-corrected chi connectivity index (χ4v) is 11.5.